The standard InChI is InChI=1S/C20H20N2O5S/c1-27-10-9-21-28(25,26)17-8-7-14-13-19(23)18(12-15(14)11-17)20(24)22-16-5-3-2-4-6-16/h2-8,11-13,21,23H,9-10H2,1H3,(H,22,24). The lowest BCUT2D eigenvalue weighted by molar-refractivity contribution is 0.102. The molecule has 0 radical (unpaired) electrons. The van der Waals surface area contributed by atoms with Crippen molar-refractivity contribution in [3.8, 4) is 5.75 Å². The minimum atomic E-state index is -3.71. The Morgan fingerprint density at radius 2 is 1.79 bits per heavy atom. The third kappa shape index (κ3) is 4.48. The van der Waals surface area contributed by atoms with Crippen LogP contribution in [-0.4, -0.2) is 39.7 Å². The first-order valence-electron chi connectivity index (χ1n) is 8.52. The van der Waals surface area contributed by atoms with Crippen LogP contribution >= 0.6 is 0 Å². The molecule has 1 amide bonds. The van der Waals surface area contributed by atoms with Crippen molar-refractivity contribution in [2.24, 2.45) is 0 Å². The third-order valence-electron chi connectivity index (χ3n) is 4.11. The Morgan fingerprint density at radius 1 is 1.04 bits per heavy atom. The van der Waals surface area contributed by atoms with Gasteiger partial charge in [-0.2, -0.15) is 0 Å². The SMILES string of the molecule is COCCNS(=O)(=O)c1ccc2cc(O)c(C(=O)Nc3ccccc3)cc2c1. The molecule has 8 heteroatoms. The molecule has 0 atom stereocenters. The predicted molar refractivity (Wildman–Crippen MR) is 107 cm³/mol. The van der Waals surface area contributed by atoms with E-state index in [1.807, 2.05) is 6.07 Å². The van der Waals surface area contributed by atoms with E-state index in [0.717, 1.165) is 0 Å². The summed E-state index contributed by atoms with van der Waals surface area (Å²) in [7, 11) is -2.22. The molecule has 3 aromatic rings. The molecule has 0 unspecified atom stereocenters. The molecule has 3 N–H and O–H groups in total. The summed E-state index contributed by atoms with van der Waals surface area (Å²) in [5, 5.41) is 14.1. The second-order valence-corrected chi connectivity index (χ2v) is 7.86. The maximum atomic E-state index is 12.5. The molecule has 0 saturated heterocycles. The van der Waals surface area contributed by atoms with Crippen LogP contribution in [0.4, 0.5) is 5.69 Å². The minimum Gasteiger partial charge on any atom is -0.507 e. The van der Waals surface area contributed by atoms with Gasteiger partial charge in [-0.1, -0.05) is 24.3 Å². The molecular formula is C20H20N2O5S. The summed E-state index contributed by atoms with van der Waals surface area (Å²) in [6.07, 6.45) is 0. The number of phenolic OH excluding ortho intramolecular Hbond substituents is 1. The number of methoxy groups -OCH3 is 1. The number of carbonyl (C=O) groups is 1. The van der Waals surface area contributed by atoms with Crippen LogP contribution in [0.15, 0.2) is 65.6 Å². The molecule has 0 aliphatic heterocycles. The molecule has 0 spiro atoms. The molecule has 0 fully saturated rings. The van der Waals surface area contributed by atoms with Crippen LogP contribution in [0.3, 0.4) is 0 Å². The van der Waals surface area contributed by atoms with Crippen LogP contribution in [0, 0.1) is 0 Å². The number of aromatic hydroxyl groups is 1. The van der Waals surface area contributed by atoms with Gasteiger partial charge in [0.25, 0.3) is 5.91 Å². The number of benzene rings is 3. The van der Waals surface area contributed by atoms with Crippen molar-refractivity contribution in [1.82, 2.24) is 4.72 Å². The van der Waals surface area contributed by atoms with E-state index in [0.29, 0.717) is 16.5 Å². The fraction of sp³-hybridized carbons (Fsp3) is 0.150. The summed E-state index contributed by atoms with van der Waals surface area (Å²) in [5.74, 6) is -0.674. The Hall–Kier alpha value is -2.94. The fourth-order valence-electron chi connectivity index (χ4n) is 2.69. The number of amides is 1. The van der Waals surface area contributed by atoms with Gasteiger partial charge in [0, 0.05) is 19.3 Å². The summed E-state index contributed by atoms with van der Waals surface area (Å²) in [5.41, 5.74) is 0.643. The summed E-state index contributed by atoms with van der Waals surface area (Å²) >= 11 is 0. The number of anilines is 1. The zero-order chi connectivity index (χ0) is 20.1. The highest BCUT2D eigenvalue weighted by atomic mass is 32.2. The van der Waals surface area contributed by atoms with Crippen molar-refractivity contribution in [3.63, 3.8) is 0 Å². The monoisotopic (exact) mass is 400 g/mol. The van der Waals surface area contributed by atoms with Crippen molar-refractivity contribution in [2.45, 2.75) is 4.90 Å². The number of nitrogens with one attached hydrogen (secondary N) is 2. The topological polar surface area (TPSA) is 105 Å². The van der Waals surface area contributed by atoms with Crippen LogP contribution in [0.25, 0.3) is 10.8 Å². The van der Waals surface area contributed by atoms with Crippen molar-refractivity contribution in [3.05, 3.63) is 66.2 Å². The molecule has 146 valence electrons. The van der Waals surface area contributed by atoms with Gasteiger partial charge in [-0.25, -0.2) is 13.1 Å². The lowest BCUT2D eigenvalue weighted by atomic mass is 10.1. The number of para-hydroxylation sites is 1. The van der Waals surface area contributed by atoms with E-state index in [1.54, 1.807) is 30.3 Å². The van der Waals surface area contributed by atoms with E-state index >= 15 is 0 Å². The Kier molecular flexibility index (Phi) is 5.93. The molecule has 0 bridgehead atoms. The van der Waals surface area contributed by atoms with Gasteiger partial charge in [0.2, 0.25) is 10.0 Å². The number of sulfonamides is 1. The molecule has 0 aliphatic rings. The van der Waals surface area contributed by atoms with Gasteiger partial charge in [0.15, 0.2) is 0 Å². The van der Waals surface area contributed by atoms with Gasteiger partial charge >= 0.3 is 0 Å². The number of phenols is 1. The Labute approximate surface area is 163 Å². The van der Waals surface area contributed by atoms with Crippen LogP contribution in [0.5, 0.6) is 5.75 Å². The Balaban J connectivity index is 1.93. The molecule has 0 aromatic heterocycles. The van der Waals surface area contributed by atoms with Crippen LogP contribution in [-0.2, 0) is 14.8 Å². The quantitative estimate of drug-likeness (QED) is 0.529. The van der Waals surface area contributed by atoms with E-state index in [-0.39, 0.29) is 29.4 Å². The first-order valence-corrected chi connectivity index (χ1v) is 10.0. The van der Waals surface area contributed by atoms with E-state index in [1.165, 1.54) is 31.4 Å². The fourth-order valence-corrected chi connectivity index (χ4v) is 3.74. The molecule has 3 aromatic carbocycles. The first kappa shape index (κ1) is 19.8. The molecule has 0 saturated carbocycles. The second kappa shape index (κ2) is 8.39. The highest BCUT2D eigenvalue weighted by Gasteiger charge is 2.17. The molecule has 0 aliphatic carbocycles. The van der Waals surface area contributed by atoms with Crippen molar-refractivity contribution in [1.29, 1.82) is 0 Å². The number of hydrogen-bond acceptors (Lipinski definition) is 5. The molecule has 7 nitrogen and oxygen atoms in total. The summed E-state index contributed by atoms with van der Waals surface area (Å²) in [4.78, 5) is 12.6. The van der Waals surface area contributed by atoms with E-state index in [9.17, 15) is 18.3 Å². The normalized spacial score (nSPS) is 11.5. The van der Waals surface area contributed by atoms with Crippen molar-refractivity contribution < 1.29 is 23.1 Å². The second-order valence-electron chi connectivity index (χ2n) is 6.09. The van der Waals surface area contributed by atoms with Crippen LogP contribution in [0.2, 0.25) is 0 Å². The predicted octanol–water partition coefficient (Wildman–Crippen LogP) is 2.72. The first-order chi connectivity index (χ1) is 13.4. The lowest BCUT2D eigenvalue weighted by Crippen LogP contribution is -2.27. The van der Waals surface area contributed by atoms with Gasteiger partial charge in [0.1, 0.15) is 5.75 Å². The van der Waals surface area contributed by atoms with Crippen LogP contribution < -0.4 is 10.0 Å². The van der Waals surface area contributed by atoms with E-state index in [2.05, 4.69) is 10.0 Å². The van der Waals surface area contributed by atoms with Crippen molar-refractivity contribution >= 4 is 32.4 Å². The van der Waals surface area contributed by atoms with Gasteiger partial charge < -0.3 is 15.2 Å². The highest BCUT2D eigenvalue weighted by molar-refractivity contribution is 7.89. The molecule has 0 heterocycles. The zero-order valence-corrected chi connectivity index (χ0v) is 16.0. The zero-order valence-electron chi connectivity index (χ0n) is 15.2. The van der Waals surface area contributed by atoms with Gasteiger partial charge in [0.05, 0.1) is 17.1 Å². The average Bonchev–Trinajstić information content (AvgIpc) is 2.68. The molecular weight excluding hydrogens is 380 g/mol. The maximum absolute atomic E-state index is 12.5. The molecule has 28 heavy (non-hydrogen) atoms. The van der Waals surface area contributed by atoms with E-state index in [4.69, 9.17) is 4.74 Å². The van der Waals surface area contributed by atoms with Gasteiger partial charge in [-0.05, 0) is 47.2 Å². The molecule has 3 rings (SSSR count). The largest absolute Gasteiger partial charge is 0.507 e. The summed E-state index contributed by atoms with van der Waals surface area (Å²) < 4.78 is 32.1. The minimum absolute atomic E-state index is 0.0539. The van der Waals surface area contributed by atoms with Gasteiger partial charge in [-0.15, -0.1) is 0 Å². The van der Waals surface area contributed by atoms with Gasteiger partial charge in [-0.3, -0.25) is 4.79 Å². The van der Waals surface area contributed by atoms with Crippen LogP contribution in [0.1, 0.15) is 10.4 Å². The number of carbonyl (C=O) groups excluding carboxylic acids is 1. The third-order valence-corrected chi connectivity index (χ3v) is 5.57. The number of fused-ring (bicyclic) bond motifs is 1. The maximum Gasteiger partial charge on any atom is 0.259 e. The van der Waals surface area contributed by atoms with E-state index < -0.39 is 15.9 Å². The highest BCUT2D eigenvalue weighted by Crippen LogP contribution is 2.28. The van der Waals surface area contributed by atoms with Crippen molar-refractivity contribution in [2.75, 3.05) is 25.6 Å². The Morgan fingerprint density at radius 3 is 2.50 bits per heavy atom. The summed E-state index contributed by atoms with van der Waals surface area (Å²) in [6.45, 7) is 0.404. The smallest absolute Gasteiger partial charge is 0.259 e. The summed E-state index contributed by atoms with van der Waals surface area (Å²) in [6, 6.07) is 16.2. The average molecular weight is 400 g/mol. The Bertz CT molecular complexity index is 1100. The lowest BCUT2D eigenvalue weighted by Gasteiger charge is -2.10. The number of hydrogen-bond donors (Lipinski definition) is 3. The number of ether oxygens (including phenoxy) is 1. The number of rotatable bonds is 7.